The molecule has 1 aliphatic heterocycles. The van der Waals surface area contributed by atoms with Gasteiger partial charge in [-0.2, -0.15) is 11.3 Å². The van der Waals surface area contributed by atoms with Crippen LogP contribution in [-0.4, -0.2) is 54.5 Å². The molecular formula is C23H32N4O2S. The minimum atomic E-state index is -0.285. The van der Waals surface area contributed by atoms with Gasteiger partial charge in [-0.05, 0) is 66.9 Å². The molecule has 1 aromatic carbocycles. The van der Waals surface area contributed by atoms with Gasteiger partial charge in [-0.25, -0.2) is 4.79 Å². The summed E-state index contributed by atoms with van der Waals surface area (Å²) < 4.78 is 0. The van der Waals surface area contributed by atoms with Crippen LogP contribution in [0, 0.1) is 6.92 Å². The number of thiophene rings is 1. The van der Waals surface area contributed by atoms with Crippen LogP contribution < -0.4 is 10.6 Å². The lowest BCUT2D eigenvalue weighted by molar-refractivity contribution is 0.0793. The number of nitrogens with one attached hydrogen (secondary N) is 2. The molecule has 1 saturated heterocycles. The minimum absolute atomic E-state index is 0.00853. The maximum atomic E-state index is 12.9. The molecule has 1 unspecified atom stereocenters. The van der Waals surface area contributed by atoms with Gasteiger partial charge in [-0.1, -0.05) is 26.0 Å². The van der Waals surface area contributed by atoms with E-state index in [9.17, 15) is 9.59 Å². The van der Waals surface area contributed by atoms with Gasteiger partial charge in [0.2, 0.25) is 0 Å². The van der Waals surface area contributed by atoms with Crippen LogP contribution in [0.2, 0.25) is 0 Å². The maximum Gasteiger partial charge on any atom is 0.319 e. The number of carbonyl (C=O) groups excluding carboxylic acids is 2. The van der Waals surface area contributed by atoms with Crippen LogP contribution in [0.3, 0.4) is 0 Å². The number of urea groups is 1. The molecule has 1 aliphatic rings. The molecule has 2 heterocycles. The van der Waals surface area contributed by atoms with Gasteiger partial charge in [0.05, 0.1) is 17.3 Å². The smallest absolute Gasteiger partial charge is 0.319 e. The lowest BCUT2D eigenvalue weighted by atomic mass is 10.1. The van der Waals surface area contributed by atoms with E-state index in [1.54, 1.807) is 17.4 Å². The van der Waals surface area contributed by atoms with Crippen molar-refractivity contribution in [3.63, 3.8) is 0 Å². The molecule has 0 aliphatic carbocycles. The number of benzene rings is 1. The minimum Gasteiger partial charge on any atom is -0.339 e. The highest BCUT2D eigenvalue weighted by atomic mass is 32.1. The zero-order valence-electron chi connectivity index (χ0n) is 18.1. The molecule has 0 saturated carbocycles. The van der Waals surface area contributed by atoms with Crippen LogP contribution in [0.15, 0.2) is 35.0 Å². The molecule has 2 N–H and O–H groups in total. The van der Waals surface area contributed by atoms with E-state index >= 15 is 0 Å². The van der Waals surface area contributed by atoms with Gasteiger partial charge < -0.3 is 15.5 Å². The summed E-state index contributed by atoms with van der Waals surface area (Å²) in [7, 11) is 0. The van der Waals surface area contributed by atoms with Gasteiger partial charge >= 0.3 is 6.03 Å². The summed E-state index contributed by atoms with van der Waals surface area (Å²) in [5, 5.41) is 10.2. The van der Waals surface area contributed by atoms with Gasteiger partial charge in [0.25, 0.3) is 5.91 Å². The molecule has 2 aromatic rings. The molecule has 3 rings (SSSR count). The number of para-hydroxylation sites is 1. The Hall–Kier alpha value is -2.38. The summed E-state index contributed by atoms with van der Waals surface area (Å²) in [4.78, 5) is 29.9. The van der Waals surface area contributed by atoms with E-state index in [-0.39, 0.29) is 18.0 Å². The van der Waals surface area contributed by atoms with Gasteiger partial charge in [0.15, 0.2) is 0 Å². The average molecular weight is 429 g/mol. The molecule has 7 heteroatoms. The number of hydrogen-bond donors (Lipinski definition) is 2. The Kier molecular flexibility index (Phi) is 7.87. The predicted molar refractivity (Wildman–Crippen MR) is 123 cm³/mol. The van der Waals surface area contributed by atoms with Crippen LogP contribution in [0.4, 0.5) is 10.5 Å². The summed E-state index contributed by atoms with van der Waals surface area (Å²) in [6.45, 7) is 10.1. The van der Waals surface area contributed by atoms with Crippen molar-refractivity contribution in [1.82, 2.24) is 15.1 Å². The van der Waals surface area contributed by atoms with Crippen LogP contribution in [-0.2, 0) is 0 Å². The third kappa shape index (κ3) is 5.21. The molecule has 162 valence electrons. The van der Waals surface area contributed by atoms with Gasteiger partial charge in [-0.3, -0.25) is 9.69 Å². The van der Waals surface area contributed by atoms with Gasteiger partial charge in [-0.15, -0.1) is 0 Å². The van der Waals surface area contributed by atoms with E-state index in [1.807, 2.05) is 24.0 Å². The number of nitrogens with zero attached hydrogens (tertiary/aromatic N) is 2. The fraction of sp³-hybridized carbons (Fsp3) is 0.478. The Morgan fingerprint density at radius 1 is 1.17 bits per heavy atom. The number of anilines is 1. The van der Waals surface area contributed by atoms with Gasteiger partial charge in [0, 0.05) is 19.6 Å². The van der Waals surface area contributed by atoms with Crippen molar-refractivity contribution < 1.29 is 9.59 Å². The molecule has 3 amide bonds. The highest BCUT2D eigenvalue weighted by molar-refractivity contribution is 7.08. The fourth-order valence-corrected chi connectivity index (χ4v) is 4.74. The Morgan fingerprint density at radius 2 is 1.90 bits per heavy atom. The van der Waals surface area contributed by atoms with E-state index in [2.05, 4.69) is 46.2 Å². The Labute approximate surface area is 183 Å². The molecule has 0 radical (unpaired) electrons. The van der Waals surface area contributed by atoms with Gasteiger partial charge in [0.1, 0.15) is 0 Å². The Morgan fingerprint density at radius 3 is 2.53 bits per heavy atom. The summed E-state index contributed by atoms with van der Waals surface area (Å²) in [5.41, 5.74) is 3.25. The van der Waals surface area contributed by atoms with Crippen molar-refractivity contribution in [3.05, 3.63) is 51.7 Å². The second-order valence-corrected chi connectivity index (χ2v) is 8.41. The first-order valence-electron chi connectivity index (χ1n) is 10.7. The van der Waals surface area contributed by atoms with Crippen LogP contribution in [0.1, 0.15) is 54.2 Å². The number of likely N-dealkylation sites (N-methyl/N-ethyl adjacent to an activating group) is 1. The van der Waals surface area contributed by atoms with Crippen molar-refractivity contribution in [3.8, 4) is 0 Å². The largest absolute Gasteiger partial charge is 0.339 e. The SMILES string of the molecule is CCN(CC)C(CNC(=O)Nc1c(C)cccc1C(=O)N1CCCC1)c1ccsc1. The second kappa shape index (κ2) is 10.6. The zero-order valence-corrected chi connectivity index (χ0v) is 18.9. The van der Waals surface area contributed by atoms with Crippen LogP contribution in [0.5, 0.6) is 0 Å². The summed E-state index contributed by atoms with van der Waals surface area (Å²) >= 11 is 1.67. The maximum absolute atomic E-state index is 12.9. The molecule has 1 fully saturated rings. The molecule has 30 heavy (non-hydrogen) atoms. The standard InChI is InChI=1S/C23H32N4O2S/c1-4-26(5-2)20(18-11-14-30-16-18)15-24-23(29)25-21-17(3)9-8-10-19(21)22(28)27-12-6-7-13-27/h8-11,14,16,20H,4-7,12-13,15H2,1-3H3,(H2,24,25,29). The Bertz CT molecular complexity index is 843. The number of rotatable bonds is 8. The number of likely N-dealkylation sites (tertiary alicyclic amines) is 1. The third-order valence-corrected chi connectivity index (χ3v) is 6.47. The van der Waals surface area contributed by atoms with Crippen LogP contribution >= 0.6 is 11.3 Å². The second-order valence-electron chi connectivity index (χ2n) is 7.63. The van der Waals surface area contributed by atoms with E-state index in [0.717, 1.165) is 44.6 Å². The highest BCUT2D eigenvalue weighted by Crippen LogP contribution is 2.25. The van der Waals surface area contributed by atoms with Crippen molar-refractivity contribution in [2.24, 2.45) is 0 Å². The average Bonchev–Trinajstić information content (AvgIpc) is 3.46. The topological polar surface area (TPSA) is 64.7 Å². The summed E-state index contributed by atoms with van der Waals surface area (Å²) in [6, 6.07) is 7.54. The lowest BCUT2D eigenvalue weighted by Crippen LogP contribution is -2.40. The molecule has 1 atom stereocenters. The predicted octanol–water partition coefficient (Wildman–Crippen LogP) is 4.50. The molecule has 6 nitrogen and oxygen atoms in total. The number of carbonyl (C=O) groups is 2. The summed E-state index contributed by atoms with van der Waals surface area (Å²) in [5.74, 6) is -0.00853. The molecular weight excluding hydrogens is 396 g/mol. The van der Waals surface area contributed by atoms with Crippen molar-refractivity contribution in [2.45, 2.75) is 39.7 Å². The third-order valence-electron chi connectivity index (χ3n) is 5.77. The summed E-state index contributed by atoms with van der Waals surface area (Å²) in [6.07, 6.45) is 2.08. The zero-order chi connectivity index (χ0) is 21.5. The van der Waals surface area contributed by atoms with E-state index in [0.29, 0.717) is 17.8 Å². The first-order valence-corrected chi connectivity index (χ1v) is 11.7. The quantitative estimate of drug-likeness (QED) is 0.651. The fourth-order valence-electron chi connectivity index (χ4n) is 4.04. The van der Waals surface area contributed by atoms with E-state index in [1.165, 1.54) is 5.56 Å². The van der Waals surface area contributed by atoms with Crippen LogP contribution in [0.25, 0.3) is 0 Å². The van der Waals surface area contributed by atoms with E-state index in [4.69, 9.17) is 0 Å². The van der Waals surface area contributed by atoms with Crippen molar-refractivity contribution in [2.75, 3.05) is 38.0 Å². The monoisotopic (exact) mass is 428 g/mol. The normalized spacial score (nSPS) is 14.7. The highest BCUT2D eigenvalue weighted by Gasteiger charge is 2.24. The molecule has 0 bridgehead atoms. The first kappa shape index (κ1) is 22.3. The first-order chi connectivity index (χ1) is 14.5. The van der Waals surface area contributed by atoms with Crippen molar-refractivity contribution in [1.29, 1.82) is 0 Å². The molecule has 1 aromatic heterocycles. The Balaban J connectivity index is 1.70. The number of hydrogen-bond acceptors (Lipinski definition) is 4. The number of amides is 3. The molecule has 0 spiro atoms. The number of aryl methyl sites for hydroxylation is 1. The van der Waals surface area contributed by atoms with Crippen molar-refractivity contribution >= 4 is 29.0 Å². The van der Waals surface area contributed by atoms with E-state index < -0.39 is 0 Å². The lowest BCUT2D eigenvalue weighted by Gasteiger charge is -2.29.